The van der Waals surface area contributed by atoms with Crippen LogP contribution >= 0.6 is 24.0 Å². The van der Waals surface area contributed by atoms with Gasteiger partial charge in [0.05, 0.1) is 0 Å². The van der Waals surface area contributed by atoms with E-state index in [1.165, 1.54) is 6.42 Å². The van der Waals surface area contributed by atoms with Crippen LogP contribution in [0.2, 0.25) is 0 Å². The molecule has 0 bridgehead atoms. The normalized spacial score (nSPS) is 15.4. The Labute approximate surface area is 146 Å². The molecular weight excluding hydrogens is 379 g/mol. The minimum Gasteiger partial charge on any atom is -0.357 e. The van der Waals surface area contributed by atoms with E-state index in [9.17, 15) is 4.79 Å². The second-order valence-electron chi connectivity index (χ2n) is 5.39. The first-order chi connectivity index (χ1) is 9.69. The Balaban J connectivity index is 0.00000400. The number of carbonyl (C=O) groups excluding carboxylic acids is 1. The van der Waals surface area contributed by atoms with Gasteiger partial charge < -0.3 is 15.1 Å². The van der Waals surface area contributed by atoms with Crippen molar-refractivity contribution in [1.82, 2.24) is 15.1 Å². The fraction of sp³-hybridized carbons (Fsp3) is 0.867. The first-order valence-corrected chi connectivity index (χ1v) is 7.96. The largest absolute Gasteiger partial charge is 0.357 e. The third kappa shape index (κ3) is 7.87. The van der Waals surface area contributed by atoms with E-state index in [1.54, 1.807) is 0 Å². The monoisotopic (exact) mass is 410 g/mol. The Kier molecular flexibility index (Phi) is 11.8. The van der Waals surface area contributed by atoms with Crippen molar-refractivity contribution in [3.63, 3.8) is 0 Å². The van der Waals surface area contributed by atoms with Crippen LogP contribution in [0.15, 0.2) is 4.99 Å². The molecule has 1 aliphatic rings. The van der Waals surface area contributed by atoms with Crippen molar-refractivity contribution in [3.8, 4) is 0 Å². The first-order valence-electron chi connectivity index (χ1n) is 7.96. The lowest BCUT2D eigenvalue weighted by Gasteiger charge is -2.26. The molecule has 1 N–H and O–H groups in total. The van der Waals surface area contributed by atoms with Crippen LogP contribution in [0.4, 0.5) is 0 Å². The number of halogens is 1. The van der Waals surface area contributed by atoms with E-state index >= 15 is 0 Å². The van der Waals surface area contributed by atoms with Crippen molar-refractivity contribution < 1.29 is 4.79 Å². The standard InChI is InChI=1S/C15H30N4O.HI/c1-4-6-10-18(3)15(16-5-2)17-13-14(20)19-11-8-7-9-12-19;/h4-13H2,1-3H3,(H,16,17);1H. The van der Waals surface area contributed by atoms with Gasteiger partial charge in [-0.15, -0.1) is 24.0 Å². The fourth-order valence-corrected chi connectivity index (χ4v) is 2.36. The summed E-state index contributed by atoms with van der Waals surface area (Å²) in [7, 11) is 2.03. The van der Waals surface area contributed by atoms with E-state index < -0.39 is 0 Å². The third-order valence-corrected chi connectivity index (χ3v) is 3.62. The summed E-state index contributed by atoms with van der Waals surface area (Å²) in [5.41, 5.74) is 0. The van der Waals surface area contributed by atoms with Gasteiger partial charge in [-0.05, 0) is 32.6 Å². The second kappa shape index (κ2) is 12.1. The van der Waals surface area contributed by atoms with Crippen molar-refractivity contribution in [2.45, 2.75) is 46.0 Å². The molecule has 0 aromatic heterocycles. The summed E-state index contributed by atoms with van der Waals surface area (Å²) in [4.78, 5) is 20.7. The van der Waals surface area contributed by atoms with Crippen molar-refractivity contribution in [2.24, 2.45) is 4.99 Å². The van der Waals surface area contributed by atoms with Crippen molar-refractivity contribution >= 4 is 35.8 Å². The highest BCUT2D eigenvalue weighted by molar-refractivity contribution is 14.0. The number of hydrogen-bond donors (Lipinski definition) is 1. The molecule has 0 radical (unpaired) electrons. The number of rotatable bonds is 6. The molecule has 1 rings (SSSR count). The minimum absolute atomic E-state index is 0. The molecule has 21 heavy (non-hydrogen) atoms. The van der Waals surface area contributed by atoms with E-state index in [1.807, 2.05) is 11.9 Å². The number of nitrogens with one attached hydrogen (secondary N) is 1. The van der Waals surface area contributed by atoms with Crippen LogP contribution in [0, 0.1) is 0 Å². The quantitative estimate of drug-likeness (QED) is 0.416. The molecule has 1 heterocycles. The van der Waals surface area contributed by atoms with Gasteiger partial charge in [0, 0.05) is 33.2 Å². The smallest absolute Gasteiger partial charge is 0.244 e. The number of guanidine groups is 1. The fourth-order valence-electron chi connectivity index (χ4n) is 2.36. The highest BCUT2D eigenvalue weighted by Gasteiger charge is 2.16. The molecule has 124 valence electrons. The van der Waals surface area contributed by atoms with Crippen molar-refractivity contribution in [1.29, 1.82) is 0 Å². The molecular formula is C15H31IN4O. The van der Waals surface area contributed by atoms with Gasteiger partial charge >= 0.3 is 0 Å². The van der Waals surface area contributed by atoms with Gasteiger partial charge in [0.1, 0.15) is 6.54 Å². The summed E-state index contributed by atoms with van der Waals surface area (Å²) in [5.74, 6) is 0.996. The minimum atomic E-state index is 0. The van der Waals surface area contributed by atoms with Crippen LogP contribution < -0.4 is 5.32 Å². The molecule has 5 nitrogen and oxygen atoms in total. The van der Waals surface area contributed by atoms with Gasteiger partial charge in [-0.25, -0.2) is 4.99 Å². The van der Waals surface area contributed by atoms with E-state index in [0.717, 1.165) is 57.8 Å². The summed E-state index contributed by atoms with van der Waals surface area (Å²) < 4.78 is 0. The number of piperidine rings is 1. The zero-order valence-electron chi connectivity index (χ0n) is 13.7. The van der Waals surface area contributed by atoms with E-state index in [2.05, 4.69) is 29.1 Å². The Bertz CT molecular complexity index is 317. The Morgan fingerprint density at radius 2 is 1.90 bits per heavy atom. The molecule has 0 aromatic rings. The van der Waals surface area contributed by atoms with E-state index in [0.29, 0.717) is 0 Å². The van der Waals surface area contributed by atoms with Crippen molar-refractivity contribution in [2.75, 3.05) is 39.8 Å². The SMILES string of the molecule is CCCCN(C)C(=NCC(=O)N1CCCCC1)NCC.I. The summed E-state index contributed by atoms with van der Waals surface area (Å²) in [6.45, 7) is 8.09. The number of hydrogen-bond acceptors (Lipinski definition) is 2. The molecule has 1 saturated heterocycles. The lowest BCUT2D eigenvalue weighted by atomic mass is 10.1. The predicted molar refractivity (Wildman–Crippen MR) is 99.4 cm³/mol. The molecule has 6 heteroatoms. The maximum atomic E-state index is 12.1. The number of likely N-dealkylation sites (tertiary alicyclic amines) is 1. The van der Waals surface area contributed by atoms with Crippen LogP contribution in [-0.4, -0.2) is 61.4 Å². The molecule has 0 unspecified atom stereocenters. The van der Waals surface area contributed by atoms with Gasteiger partial charge in [-0.1, -0.05) is 13.3 Å². The average molecular weight is 410 g/mol. The topological polar surface area (TPSA) is 47.9 Å². The van der Waals surface area contributed by atoms with Gasteiger partial charge in [-0.2, -0.15) is 0 Å². The summed E-state index contributed by atoms with van der Waals surface area (Å²) in [6, 6.07) is 0. The van der Waals surface area contributed by atoms with Crippen LogP contribution in [0.3, 0.4) is 0 Å². The number of unbranched alkanes of at least 4 members (excludes halogenated alkanes) is 1. The average Bonchev–Trinajstić information content (AvgIpc) is 2.49. The number of aliphatic imine (C=N–C) groups is 1. The maximum absolute atomic E-state index is 12.1. The van der Waals surface area contributed by atoms with Crippen LogP contribution in [0.25, 0.3) is 0 Å². The lowest BCUT2D eigenvalue weighted by Crippen LogP contribution is -2.41. The molecule has 0 saturated carbocycles. The Morgan fingerprint density at radius 3 is 2.48 bits per heavy atom. The van der Waals surface area contributed by atoms with Gasteiger partial charge in [-0.3, -0.25) is 4.79 Å². The van der Waals surface area contributed by atoms with E-state index in [-0.39, 0.29) is 36.4 Å². The van der Waals surface area contributed by atoms with E-state index in [4.69, 9.17) is 0 Å². The van der Waals surface area contributed by atoms with Crippen LogP contribution in [-0.2, 0) is 4.79 Å². The third-order valence-electron chi connectivity index (χ3n) is 3.62. The zero-order valence-corrected chi connectivity index (χ0v) is 16.1. The Morgan fingerprint density at radius 1 is 1.24 bits per heavy atom. The van der Waals surface area contributed by atoms with Gasteiger partial charge in [0.25, 0.3) is 0 Å². The molecule has 0 spiro atoms. The van der Waals surface area contributed by atoms with Crippen LogP contribution in [0.1, 0.15) is 46.0 Å². The molecule has 1 fully saturated rings. The second-order valence-corrected chi connectivity index (χ2v) is 5.39. The highest BCUT2D eigenvalue weighted by atomic mass is 127. The lowest BCUT2D eigenvalue weighted by molar-refractivity contribution is -0.130. The number of carbonyl (C=O) groups is 1. The molecule has 1 amide bonds. The molecule has 0 aliphatic carbocycles. The van der Waals surface area contributed by atoms with Gasteiger partial charge in [0.2, 0.25) is 5.91 Å². The molecule has 0 aromatic carbocycles. The molecule has 0 atom stereocenters. The summed E-state index contributed by atoms with van der Waals surface area (Å²) >= 11 is 0. The number of nitrogens with zero attached hydrogens (tertiary/aromatic N) is 3. The Hall–Kier alpha value is -0.530. The highest BCUT2D eigenvalue weighted by Crippen LogP contribution is 2.08. The molecule has 1 aliphatic heterocycles. The summed E-state index contributed by atoms with van der Waals surface area (Å²) in [6.07, 6.45) is 5.81. The maximum Gasteiger partial charge on any atom is 0.244 e. The van der Waals surface area contributed by atoms with Gasteiger partial charge in [0.15, 0.2) is 5.96 Å². The first kappa shape index (κ1) is 20.5. The number of amides is 1. The predicted octanol–water partition coefficient (Wildman–Crippen LogP) is 2.31. The summed E-state index contributed by atoms with van der Waals surface area (Å²) in [5, 5.41) is 3.25. The van der Waals surface area contributed by atoms with Crippen molar-refractivity contribution in [3.05, 3.63) is 0 Å². The van der Waals surface area contributed by atoms with Crippen LogP contribution in [0.5, 0.6) is 0 Å². The zero-order chi connectivity index (χ0) is 14.8.